The molecule has 3 aromatic rings. The predicted molar refractivity (Wildman–Crippen MR) is 121 cm³/mol. The molecule has 0 aromatic heterocycles. The van der Waals surface area contributed by atoms with Crippen molar-refractivity contribution in [3.63, 3.8) is 0 Å². The molecule has 0 aliphatic heterocycles. The van der Waals surface area contributed by atoms with E-state index in [1.165, 1.54) is 5.56 Å². The van der Waals surface area contributed by atoms with Gasteiger partial charge in [-0.05, 0) is 41.8 Å². The summed E-state index contributed by atoms with van der Waals surface area (Å²) in [6.07, 6.45) is 2.71. The maximum absolute atomic E-state index is 12.9. The first-order chi connectivity index (χ1) is 14.7. The molecule has 0 heterocycles. The molecule has 0 fully saturated rings. The van der Waals surface area contributed by atoms with Gasteiger partial charge in [-0.2, -0.15) is 5.10 Å². The van der Waals surface area contributed by atoms with Crippen molar-refractivity contribution in [2.45, 2.75) is 26.2 Å². The number of benzene rings is 3. The van der Waals surface area contributed by atoms with Crippen LogP contribution in [0, 0.1) is 0 Å². The smallest absolute Gasteiger partial charge is 0.240 e. The van der Waals surface area contributed by atoms with Crippen molar-refractivity contribution in [3.8, 4) is 0 Å². The van der Waals surface area contributed by atoms with E-state index < -0.39 is 0 Å². The Morgan fingerprint density at radius 1 is 0.833 bits per heavy atom. The molecule has 0 saturated heterocycles. The Kier molecular flexibility index (Phi) is 7.50. The number of carbonyl (C=O) groups excluding carboxylic acids is 2. The molecule has 0 bridgehead atoms. The monoisotopic (exact) mass is 399 g/mol. The van der Waals surface area contributed by atoms with E-state index in [1.54, 1.807) is 11.1 Å². The van der Waals surface area contributed by atoms with E-state index in [4.69, 9.17) is 0 Å². The van der Waals surface area contributed by atoms with E-state index in [9.17, 15) is 9.59 Å². The molecule has 5 heteroatoms. The molecule has 0 aliphatic carbocycles. The molecule has 2 amide bonds. The second-order valence-corrected chi connectivity index (χ2v) is 6.79. The highest BCUT2D eigenvalue weighted by atomic mass is 16.2. The van der Waals surface area contributed by atoms with Crippen molar-refractivity contribution in [1.82, 2.24) is 5.43 Å². The minimum Gasteiger partial charge on any atom is -0.281 e. The third-order valence-corrected chi connectivity index (χ3v) is 4.63. The summed E-state index contributed by atoms with van der Waals surface area (Å²) < 4.78 is 0. The first kappa shape index (κ1) is 21.0. The molecule has 0 radical (unpaired) electrons. The van der Waals surface area contributed by atoms with Crippen molar-refractivity contribution in [2.24, 2.45) is 5.10 Å². The Morgan fingerprint density at radius 2 is 1.40 bits per heavy atom. The highest BCUT2D eigenvalue weighted by Crippen LogP contribution is 2.26. The number of rotatable bonds is 8. The molecule has 0 unspecified atom stereocenters. The van der Waals surface area contributed by atoms with Crippen molar-refractivity contribution in [3.05, 3.63) is 96.1 Å². The Hall–Kier alpha value is -3.73. The maximum atomic E-state index is 12.9. The molecule has 1 N–H and O–H groups in total. The van der Waals surface area contributed by atoms with Gasteiger partial charge in [-0.25, -0.2) is 5.43 Å². The number of amides is 2. The second kappa shape index (κ2) is 10.7. The van der Waals surface area contributed by atoms with Crippen molar-refractivity contribution in [2.75, 3.05) is 4.90 Å². The van der Waals surface area contributed by atoms with Crippen LogP contribution in [0.25, 0.3) is 0 Å². The van der Waals surface area contributed by atoms with Crippen LogP contribution in [-0.4, -0.2) is 18.0 Å². The highest BCUT2D eigenvalue weighted by Gasteiger charge is 2.18. The van der Waals surface area contributed by atoms with E-state index in [2.05, 4.69) is 17.5 Å². The maximum Gasteiger partial charge on any atom is 0.240 e. The molecule has 30 heavy (non-hydrogen) atoms. The lowest BCUT2D eigenvalue weighted by atomic mass is 10.1. The zero-order valence-corrected chi connectivity index (χ0v) is 17.0. The van der Waals surface area contributed by atoms with Crippen LogP contribution in [0.4, 0.5) is 11.4 Å². The van der Waals surface area contributed by atoms with Crippen LogP contribution in [-0.2, 0) is 16.0 Å². The fourth-order valence-corrected chi connectivity index (χ4v) is 3.00. The average Bonchev–Trinajstić information content (AvgIpc) is 2.80. The van der Waals surface area contributed by atoms with Crippen molar-refractivity contribution >= 4 is 29.4 Å². The number of anilines is 2. The fourth-order valence-electron chi connectivity index (χ4n) is 3.00. The number of carbonyl (C=O) groups is 2. The van der Waals surface area contributed by atoms with Crippen LogP contribution in [0.5, 0.6) is 0 Å². The summed E-state index contributed by atoms with van der Waals surface area (Å²) in [4.78, 5) is 26.7. The zero-order valence-electron chi connectivity index (χ0n) is 17.0. The average molecular weight is 399 g/mol. The predicted octanol–water partition coefficient (Wildman–Crippen LogP) is 4.84. The van der Waals surface area contributed by atoms with Crippen LogP contribution in [0.3, 0.4) is 0 Å². The van der Waals surface area contributed by atoms with Crippen LogP contribution >= 0.6 is 0 Å². The first-order valence-corrected chi connectivity index (χ1v) is 10.0. The number of hydrogen-bond donors (Lipinski definition) is 1. The van der Waals surface area contributed by atoms with E-state index in [0.29, 0.717) is 0 Å². The third kappa shape index (κ3) is 5.88. The van der Waals surface area contributed by atoms with Gasteiger partial charge in [0.2, 0.25) is 11.8 Å². The van der Waals surface area contributed by atoms with Crippen LogP contribution in [0.15, 0.2) is 90.0 Å². The first-order valence-electron chi connectivity index (χ1n) is 10.0. The number of hydrazone groups is 1. The van der Waals surface area contributed by atoms with E-state index in [1.807, 2.05) is 84.9 Å². The Labute approximate surface area is 177 Å². The highest BCUT2D eigenvalue weighted by molar-refractivity contribution is 6.01. The standard InChI is InChI=1S/C25H25N3O2/c1-2-20-13-15-21(16-14-20)19-26-27-24(29)17-18-25(30)28(22-9-5-3-6-10-22)23-11-7-4-8-12-23/h3-16,19H,2,17-18H2,1H3,(H,27,29)/b26-19+. The van der Waals surface area contributed by atoms with E-state index in [-0.39, 0.29) is 24.7 Å². The zero-order chi connectivity index (χ0) is 21.2. The Bertz CT molecular complexity index is 944. The quantitative estimate of drug-likeness (QED) is 0.435. The lowest BCUT2D eigenvalue weighted by Gasteiger charge is -2.23. The van der Waals surface area contributed by atoms with Gasteiger partial charge in [0.05, 0.1) is 6.21 Å². The third-order valence-electron chi connectivity index (χ3n) is 4.63. The summed E-state index contributed by atoms with van der Waals surface area (Å²) in [7, 11) is 0. The number of para-hydroxylation sites is 2. The lowest BCUT2D eigenvalue weighted by molar-refractivity contribution is -0.124. The lowest BCUT2D eigenvalue weighted by Crippen LogP contribution is -2.27. The largest absolute Gasteiger partial charge is 0.281 e. The second-order valence-electron chi connectivity index (χ2n) is 6.79. The van der Waals surface area contributed by atoms with Crippen LogP contribution < -0.4 is 10.3 Å². The van der Waals surface area contributed by atoms with Crippen LogP contribution in [0.1, 0.15) is 30.9 Å². The number of hydrogen-bond acceptors (Lipinski definition) is 3. The summed E-state index contributed by atoms with van der Waals surface area (Å²) in [5, 5.41) is 3.99. The summed E-state index contributed by atoms with van der Waals surface area (Å²) in [6.45, 7) is 2.10. The number of aryl methyl sites for hydroxylation is 1. The minimum absolute atomic E-state index is 0.0567. The minimum atomic E-state index is -0.300. The number of nitrogens with one attached hydrogen (secondary N) is 1. The summed E-state index contributed by atoms with van der Waals surface area (Å²) >= 11 is 0. The molecule has 0 saturated carbocycles. The topological polar surface area (TPSA) is 61.8 Å². The Balaban J connectivity index is 1.58. The van der Waals surface area contributed by atoms with Gasteiger partial charge in [-0.15, -0.1) is 0 Å². The summed E-state index contributed by atoms with van der Waals surface area (Å²) in [6, 6.07) is 26.8. The van der Waals surface area contributed by atoms with Gasteiger partial charge < -0.3 is 0 Å². The van der Waals surface area contributed by atoms with Gasteiger partial charge in [-0.1, -0.05) is 67.6 Å². The molecule has 0 atom stereocenters. The summed E-state index contributed by atoms with van der Waals surface area (Å²) in [5.41, 5.74) is 6.18. The molecule has 0 aliphatic rings. The normalized spacial score (nSPS) is 10.7. The van der Waals surface area contributed by atoms with Gasteiger partial charge >= 0.3 is 0 Å². The Morgan fingerprint density at radius 3 is 1.93 bits per heavy atom. The molecular formula is C25H25N3O2. The van der Waals surface area contributed by atoms with Crippen molar-refractivity contribution < 1.29 is 9.59 Å². The fraction of sp³-hybridized carbons (Fsp3) is 0.160. The molecule has 3 aromatic carbocycles. The van der Waals surface area contributed by atoms with E-state index in [0.717, 1.165) is 23.4 Å². The molecular weight excluding hydrogens is 374 g/mol. The van der Waals surface area contributed by atoms with Crippen LogP contribution in [0.2, 0.25) is 0 Å². The molecule has 152 valence electrons. The number of nitrogens with zero attached hydrogens (tertiary/aromatic N) is 2. The van der Waals surface area contributed by atoms with Crippen molar-refractivity contribution in [1.29, 1.82) is 0 Å². The van der Waals surface area contributed by atoms with Gasteiger partial charge in [0, 0.05) is 24.2 Å². The molecule has 3 rings (SSSR count). The van der Waals surface area contributed by atoms with Gasteiger partial charge in [-0.3, -0.25) is 14.5 Å². The van der Waals surface area contributed by atoms with Gasteiger partial charge in [0.15, 0.2) is 0 Å². The SMILES string of the molecule is CCc1ccc(/C=N/NC(=O)CCC(=O)N(c2ccccc2)c2ccccc2)cc1. The molecule has 0 spiro atoms. The molecule has 5 nitrogen and oxygen atoms in total. The van der Waals surface area contributed by atoms with Gasteiger partial charge in [0.1, 0.15) is 0 Å². The van der Waals surface area contributed by atoms with Gasteiger partial charge in [0.25, 0.3) is 0 Å². The summed E-state index contributed by atoms with van der Waals surface area (Å²) in [5.74, 6) is -0.451. The van der Waals surface area contributed by atoms with E-state index >= 15 is 0 Å².